The van der Waals surface area contributed by atoms with Gasteiger partial charge in [-0.3, -0.25) is 4.98 Å². The van der Waals surface area contributed by atoms with Gasteiger partial charge < -0.3 is 9.47 Å². The second-order valence-electron chi connectivity index (χ2n) is 3.59. The summed E-state index contributed by atoms with van der Waals surface area (Å²) in [5.74, 6) is 0.620. The van der Waals surface area contributed by atoms with Crippen LogP contribution < -0.4 is 4.74 Å². The van der Waals surface area contributed by atoms with Crippen LogP contribution in [0.1, 0.15) is 0 Å². The number of nitrogens with zero attached hydrogens (tertiary/aromatic N) is 2. The highest BCUT2D eigenvalue weighted by atomic mass is 79.9. The minimum atomic E-state index is 0.139. The summed E-state index contributed by atoms with van der Waals surface area (Å²) in [6.45, 7) is 1.29. The highest BCUT2D eigenvalue weighted by Gasteiger charge is 2.20. The van der Waals surface area contributed by atoms with Gasteiger partial charge in [0.05, 0.1) is 18.7 Å². The summed E-state index contributed by atoms with van der Waals surface area (Å²) in [7, 11) is 0. The van der Waals surface area contributed by atoms with Crippen LogP contribution in [0.3, 0.4) is 0 Å². The third-order valence-corrected chi connectivity index (χ3v) is 3.04. The Hall–Kier alpha value is -1.20. The van der Waals surface area contributed by atoms with Crippen LogP contribution in [0.25, 0.3) is 11.0 Å². The second kappa shape index (κ2) is 3.99. The van der Waals surface area contributed by atoms with Crippen molar-refractivity contribution in [1.82, 2.24) is 9.97 Å². The fourth-order valence-electron chi connectivity index (χ4n) is 1.49. The number of hydrogen-bond donors (Lipinski definition) is 0. The molecule has 82 valence electrons. The van der Waals surface area contributed by atoms with Crippen LogP contribution in [0, 0.1) is 0 Å². The minimum absolute atomic E-state index is 0.139. The molecule has 1 saturated heterocycles. The summed E-state index contributed by atoms with van der Waals surface area (Å²) < 4.78 is 11.6. The first kappa shape index (κ1) is 9.99. The first-order valence-electron chi connectivity index (χ1n) is 4.98. The molecule has 1 aliphatic heterocycles. The van der Waals surface area contributed by atoms with Crippen molar-refractivity contribution in [1.29, 1.82) is 0 Å². The topological polar surface area (TPSA) is 44.2 Å². The molecule has 0 aromatic carbocycles. The quantitative estimate of drug-likeness (QED) is 0.846. The molecule has 0 amide bonds. The molecule has 0 spiro atoms. The van der Waals surface area contributed by atoms with Crippen molar-refractivity contribution in [3.8, 4) is 5.88 Å². The van der Waals surface area contributed by atoms with Crippen molar-refractivity contribution >= 4 is 27.0 Å². The second-order valence-corrected chi connectivity index (χ2v) is 4.44. The Bertz CT molecular complexity index is 528. The van der Waals surface area contributed by atoms with Gasteiger partial charge in [0.2, 0.25) is 5.88 Å². The third-order valence-electron chi connectivity index (χ3n) is 2.40. The van der Waals surface area contributed by atoms with Gasteiger partial charge in [-0.05, 0) is 28.1 Å². The van der Waals surface area contributed by atoms with E-state index in [1.54, 1.807) is 6.20 Å². The van der Waals surface area contributed by atoms with E-state index in [0.29, 0.717) is 19.1 Å². The summed E-state index contributed by atoms with van der Waals surface area (Å²) in [4.78, 5) is 8.63. The molecule has 0 atom stereocenters. The van der Waals surface area contributed by atoms with Crippen LogP contribution in [0.2, 0.25) is 0 Å². The van der Waals surface area contributed by atoms with E-state index in [1.165, 1.54) is 0 Å². The van der Waals surface area contributed by atoms with Crippen molar-refractivity contribution in [2.75, 3.05) is 13.2 Å². The van der Waals surface area contributed by atoms with Crippen LogP contribution in [0.15, 0.2) is 28.9 Å². The number of ether oxygens (including phenoxy) is 2. The lowest BCUT2D eigenvalue weighted by molar-refractivity contribution is -0.0812. The van der Waals surface area contributed by atoms with E-state index in [9.17, 15) is 0 Å². The van der Waals surface area contributed by atoms with E-state index in [4.69, 9.17) is 9.47 Å². The normalized spacial score (nSPS) is 16.1. The maximum absolute atomic E-state index is 5.63. The van der Waals surface area contributed by atoms with Gasteiger partial charge >= 0.3 is 0 Å². The van der Waals surface area contributed by atoms with Gasteiger partial charge in [-0.2, -0.15) is 0 Å². The highest BCUT2D eigenvalue weighted by molar-refractivity contribution is 9.10. The minimum Gasteiger partial charge on any atom is -0.469 e. The Morgan fingerprint density at radius 2 is 2.19 bits per heavy atom. The smallest absolute Gasteiger partial charge is 0.214 e. The lowest BCUT2D eigenvalue weighted by atomic mass is 10.3. The molecule has 4 nitrogen and oxygen atoms in total. The van der Waals surface area contributed by atoms with Gasteiger partial charge in [-0.15, -0.1) is 0 Å². The van der Waals surface area contributed by atoms with Gasteiger partial charge in [-0.25, -0.2) is 4.98 Å². The number of fused-ring (bicyclic) bond motifs is 1. The highest BCUT2D eigenvalue weighted by Crippen LogP contribution is 2.23. The maximum Gasteiger partial charge on any atom is 0.214 e. The number of hydrogen-bond acceptors (Lipinski definition) is 4. The summed E-state index contributed by atoms with van der Waals surface area (Å²) in [6.07, 6.45) is 1.88. The Balaban J connectivity index is 1.97. The molecule has 1 fully saturated rings. The Kier molecular flexibility index (Phi) is 2.49. The molecule has 0 unspecified atom stereocenters. The molecule has 0 N–H and O–H groups in total. The zero-order valence-corrected chi connectivity index (χ0v) is 9.98. The summed E-state index contributed by atoms with van der Waals surface area (Å²) in [6, 6.07) is 5.60. The fourth-order valence-corrected chi connectivity index (χ4v) is 1.90. The first-order valence-corrected chi connectivity index (χ1v) is 5.78. The van der Waals surface area contributed by atoms with Crippen LogP contribution >= 0.6 is 15.9 Å². The average molecular weight is 281 g/mol. The molecule has 0 saturated carbocycles. The van der Waals surface area contributed by atoms with Crippen LogP contribution in [-0.4, -0.2) is 29.3 Å². The molecule has 0 bridgehead atoms. The largest absolute Gasteiger partial charge is 0.469 e. The van der Waals surface area contributed by atoms with Crippen molar-refractivity contribution in [2.24, 2.45) is 0 Å². The maximum atomic E-state index is 5.63. The molecule has 3 rings (SSSR count). The van der Waals surface area contributed by atoms with E-state index in [2.05, 4.69) is 25.9 Å². The molecule has 2 aromatic heterocycles. The van der Waals surface area contributed by atoms with Gasteiger partial charge in [0, 0.05) is 16.7 Å². The molecule has 0 aliphatic carbocycles. The summed E-state index contributed by atoms with van der Waals surface area (Å²) >= 11 is 3.45. The number of aromatic nitrogens is 2. The molecular weight excluding hydrogens is 272 g/mol. The van der Waals surface area contributed by atoms with E-state index >= 15 is 0 Å². The van der Waals surface area contributed by atoms with Gasteiger partial charge in [-0.1, -0.05) is 0 Å². The summed E-state index contributed by atoms with van der Waals surface area (Å²) in [5.41, 5.74) is 1.67. The van der Waals surface area contributed by atoms with E-state index < -0.39 is 0 Å². The zero-order valence-electron chi connectivity index (χ0n) is 8.39. The van der Waals surface area contributed by atoms with Gasteiger partial charge in [0.1, 0.15) is 11.6 Å². The molecule has 0 radical (unpaired) electrons. The SMILES string of the molecule is Brc1ccnc2ccc(OC3COC3)nc12. The standard InChI is InChI=1S/C11H9BrN2O2/c12-8-3-4-13-9-1-2-10(14-11(8)9)16-7-5-15-6-7/h1-4,7H,5-6H2. The fraction of sp³-hybridized carbons (Fsp3) is 0.273. The zero-order chi connectivity index (χ0) is 11.0. The Morgan fingerprint density at radius 1 is 1.31 bits per heavy atom. The summed E-state index contributed by atoms with van der Waals surface area (Å²) in [5, 5.41) is 0. The molecule has 16 heavy (non-hydrogen) atoms. The van der Waals surface area contributed by atoms with Crippen molar-refractivity contribution in [3.63, 3.8) is 0 Å². The van der Waals surface area contributed by atoms with Crippen molar-refractivity contribution in [2.45, 2.75) is 6.10 Å². The Morgan fingerprint density at radius 3 is 2.94 bits per heavy atom. The van der Waals surface area contributed by atoms with E-state index in [1.807, 2.05) is 18.2 Å². The van der Waals surface area contributed by atoms with Gasteiger partial charge in [0.25, 0.3) is 0 Å². The Labute approximate surface area is 101 Å². The molecule has 2 aromatic rings. The number of rotatable bonds is 2. The molecule has 1 aliphatic rings. The molecular formula is C11H9BrN2O2. The third kappa shape index (κ3) is 1.76. The van der Waals surface area contributed by atoms with Gasteiger partial charge in [0.15, 0.2) is 0 Å². The predicted molar refractivity (Wildman–Crippen MR) is 62.5 cm³/mol. The first-order chi connectivity index (χ1) is 7.83. The van der Waals surface area contributed by atoms with Crippen LogP contribution in [0.5, 0.6) is 5.88 Å². The molecule has 5 heteroatoms. The van der Waals surface area contributed by atoms with E-state index in [0.717, 1.165) is 15.5 Å². The van der Waals surface area contributed by atoms with Crippen LogP contribution in [-0.2, 0) is 4.74 Å². The lowest BCUT2D eigenvalue weighted by Gasteiger charge is -2.26. The van der Waals surface area contributed by atoms with Crippen molar-refractivity contribution < 1.29 is 9.47 Å². The number of pyridine rings is 2. The predicted octanol–water partition coefficient (Wildman–Crippen LogP) is 2.17. The van der Waals surface area contributed by atoms with E-state index in [-0.39, 0.29) is 6.10 Å². The number of halogens is 1. The molecule has 3 heterocycles. The lowest BCUT2D eigenvalue weighted by Crippen LogP contribution is -2.38. The average Bonchev–Trinajstić information content (AvgIpc) is 2.24. The monoisotopic (exact) mass is 280 g/mol. The van der Waals surface area contributed by atoms with Crippen LogP contribution in [0.4, 0.5) is 0 Å². The van der Waals surface area contributed by atoms with Crippen molar-refractivity contribution in [3.05, 3.63) is 28.9 Å².